The van der Waals surface area contributed by atoms with Crippen LogP contribution >= 0.6 is 0 Å². The summed E-state index contributed by atoms with van der Waals surface area (Å²) in [4.78, 5) is 0. The summed E-state index contributed by atoms with van der Waals surface area (Å²) in [6.07, 6.45) is 9.05. The maximum atomic E-state index is 10.8. The Morgan fingerprint density at radius 2 is 1.92 bits per heavy atom. The average molecular weight is 180 g/mol. The first kappa shape index (κ1) is 8.28. The van der Waals surface area contributed by atoms with Crippen molar-refractivity contribution in [3.05, 3.63) is 0 Å². The molecule has 0 amide bonds. The predicted octanol–water partition coefficient (Wildman–Crippen LogP) is 2.73. The summed E-state index contributed by atoms with van der Waals surface area (Å²) >= 11 is 0. The predicted molar refractivity (Wildman–Crippen MR) is 52.4 cm³/mol. The van der Waals surface area contributed by atoms with Gasteiger partial charge in [0.2, 0.25) is 0 Å². The van der Waals surface area contributed by atoms with Gasteiger partial charge in [0, 0.05) is 5.41 Å². The Morgan fingerprint density at radius 1 is 1.23 bits per heavy atom. The Bertz CT molecular complexity index is 216. The van der Waals surface area contributed by atoms with Crippen LogP contribution in [0.1, 0.15) is 51.9 Å². The quantitative estimate of drug-likeness (QED) is 0.658. The van der Waals surface area contributed by atoms with Crippen molar-refractivity contribution in [1.82, 2.24) is 0 Å². The summed E-state index contributed by atoms with van der Waals surface area (Å²) < 4.78 is 0. The van der Waals surface area contributed by atoms with Gasteiger partial charge in [0.25, 0.3) is 0 Å². The molecule has 0 heterocycles. The van der Waals surface area contributed by atoms with Crippen LogP contribution in [-0.2, 0) is 0 Å². The molecule has 3 atom stereocenters. The average Bonchev–Trinajstić information content (AvgIpc) is 2.59. The lowest BCUT2D eigenvalue weighted by Crippen LogP contribution is -2.55. The topological polar surface area (TPSA) is 20.2 Å². The Morgan fingerprint density at radius 3 is 2.38 bits per heavy atom. The second-order valence-corrected chi connectivity index (χ2v) is 5.49. The van der Waals surface area contributed by atoms with Crippen molar-refractivity contribution >= 4 is 0 Å². The minimum absolute atomic E-state index is 0.256. The molecule has 3 rings (SSSR count). The zero-order chi connectivity index (χ0) is 9.10. The molecule has 3 saturated carbocycles. The van der Waals surface area contributed by atoms with E-state index in [0.717, 1.165) is 12.3 Å². The standard InChI is InChI=1S/C12H20O/c1-2-12(13)10-5-4-9(8-10)11(12)6-3-7-11/h9-10,13H,2-8H2,1H3/t9-,10+,12?/m0/s1. The highest BCUT2D eigenvalue weighted by Crippen LogP contribution is 2.70. The molecule has 0 aliphatic heterocycles. The maximum Gasteiger partial charge on any atom is 0.0731 e. The smallest absolute Gasteiger partial charge is 0.0731 e. The van der Waals surface area contributed by atoms with E-state index in [1.54, 1.807) is 0 Å². The van der Waals surface area contributed by atoms with Crippen LogP contribution in [0, 0.1) is 17.3 Å². The van der Waals surface area contributed by atoms with Gasteiger partial charge in [-0.3, -0.25) is 0 Å². The highest BCUT2D eigenvalue weighted by atomic mass is 16.3. The summed E-state index contributed by atoms with van der Waals surface area (Å²) in [6.45, 7) is 2.18. The fourth-order valence-electron chi connectivity index (χ4n) is 4.72. The normalized spacial score (nSPS) is 51.2. The summed E-state index contributed by atoms with van der Waals surface area (Å²) in [6, 6.07) is 0. The fourth-order valence-corrected chi connectivity index (χ4v) is 4.72. The van der Waals surface area contributed by atoms with Gasteiger partial charge < -0.3 is 5.11 Å². The van der Waals surface area contributed by atoms with Crippen LogP contribution in [0.3, 0.4) is 0 Å². The van der Waals surface area contributed by atoms with Crippen LogP contribution in [0.5, 0.6) is 0 Å². The van der Waals surface area contributed by atoms with E-state index in [-0.39, 0.29) is 5.60 Å². The van der Waals surface area contributed by atoms with Gasteiger partial charge >= 0.3 is 0 Å². The van der Waals surface area contributed by atoms with E-state index in [1.807, 2.05) is 0 Å². The minimum Gasteiger partial charge on any atom is -0.389 e. The zero-order valence-electron chi connectivity index (χ0n) is 8.55. The third-order valence-corrected chi connectivity index (χ3v) is 5.54. The third-order valence-electron chi connectivity index (χ3n) is 5.54. The van der Waals surface area contributed by atoms with Gasteiger partial charge in [-0.1, -0.05) is 13.3 Å². The first-order valence-corrected chi connectivity index (χ1v) is 5.95. The van der Waals surface area contributed by atoms with Crippen LogP contribution in [0.25, 0.3) is 0 Å². The van der Waals surface area contributed by atoms with E-state index in [0.29, 0.717) is 11.3 Å². The molecule has 0 aromatic carbocycles. The van der Waals surface area contributed by atoms with Crippen molar-refractivity contribution < 1.29 is 5.11 Å². The molecule has 0 aromatic heterocycles. The van der Waals surface area contributed by atoms with Crippen LogP contribution in [0.15, 0.2) is 0 Å². The molecule has 2 bridgehead atoms. The van der Waals surface area contributed by atoms with Crippen molar-refractivity contribution in [3.8, 4) is 0 Å². The van der Waals surface area contributed by atoms with Crippen molar-refractivity contribution in [1.29, 1.82) is 0 Å². The molecule has 1 nitrogen and oxygen atoms in total. The number of hydrogen-bond acceptors (Lipinski definition) is 1. The SMILES string of the molecule is CCC1(O)[C@@H]2CC[C@@H](C2)C12CCC2. The molecule has 0 saturated heterocycles. The monoisotopic (exact) mass is 180 g/mol. The second kappa shape index (κ2) is 2.31. The molecule has 0 aromatic rings. The van der Waals surface area contributed by atoms with Gasteiger partial charge in [-0.05, 0) is 50.4 Å². The van der Waals surface area contributed by atoms with Crippen molar-refractivity contribution in [2.24, 2.45) is 17.3 Å². The summed E-state index contributed by atoms with van der Waals surface area (Å²) in [5, 5.41) is 10.8. The van der Waals surface area contributed by atoms with E-state index in [9.17, 15) is 5.11 Å². The van der Waals surface area contributed by atoms with Crippen molar-refractivity contribution in [3.63, 3.8) is 0 Å². The molecule has 1 heteroatoms. The van der Waals surface area contributed by atoms with E-state index in [1.165, 1.54) is 38.5 Å². The summed E-state index contributed by atoms with van der Waals surface area (Å²) in [5.74, 6) is 1.54. The second-order valence-electron chi connectivity index (χ2n) is 5.49. The minimum atomic E-state index is -0.256. The summed E-state index contributed by atoms with van der Waals surface area (Å²) in [5.41, 5.74) is 0.138. The Balaban J connectivity index is 2.00. The van der Waals surface area contributed by atoms with Crippen LogP contribution < -0.4 is 0 Å². The van der Waals surface area contributed by atoms with E-state index in [4.69, 9.17) is 0 Å². The highest BCUT2D eigenvalue weighted by molar-refractivity contribution is 5.17. The molecule has 1 spiro atoms. The molecule has 1 unspecified atom stereocenters. The summed E-state index contributed by atoms with van der Waals surface area (Å²) in [7, 11) is 0. The Labute approximate surface area is 80.5 Å². The first-order chi connectivity index (χ1) is 6.23. The third kappa shape index (κ3) is 0.707. The Hall–Kier alpha value is -0.0400. The lowest BCUT2D eigenvalue weighted by Gasteiger charge is -2.56. The molecule has 3 aliphatic rings. The number of rotatable bonds is 1. The maximum absolute atomic E-state index is 10.8. The lowest BCUT2D eigenvalue weighted by atomic mass is 9.52. The van der Waals surface area contributed by atoms with Gasteiger partial charge in [0.15, 0.2) is 0 Å². The van der Waals surface area contributed by atoms with Crippen molar-refractivity contribution in [2.45, 2.75) is 57.5 Å². The van der Waals surface area contributed by atoms with Gasteiger partial charge in [-0.25, -0.2) is 0 Å². The van der Waals surface area contributed by atoms with E-state index < -0.39 is 0 Å². The van der Waals surface area contributed by atoms with Crippen molar-refractivity contribution in [2.75, 3.05) is 0 Å². The molecule has 3 aliphatic carbocycles. The highest BCUT2D eigenvalue weighted by Gasteiger charge is 2.67. The molecular formula is C12H20O. The van der Waals surface area contributed by atoms with Gasteiger partial charge in [0.1, 0.15) is 0 Å². The molecule has 3 fully saturated rings. The fraction of sp³-hybridized carbons (Fsp3) is 1.00. The zero-order valence-corrected chi connectivity index (χ0v) is 8.55. The van der Waals surface area contributed by atoms with Gasteiger partial charge in [-0.2, -0.15) is 0 Å². The molecule has 0 radical (unpaired) electrons. The van der Waals surface area contributed by atoms with Gasteiger partial charge in [0.05, 0.1) is 5.60 Å². The van der Waals surface area contributed by atoms with Crippen LogP contribution in [0.4, 0.5) is 0 Å². The molecule has 13 heavy (non-hydrogen) atoms. The largest absolute Gasteiger partial charge is 0.389 e. The van der Waals surface area contributed by atoms with E-state index in [2.05, 4.69) is 6.92 Å². The van der Waals surface area contributed by atoms with Gasteiger partial charge in [-0.15, -0.1) is 0 Å². The molecule has 74 valence electrons. The van der Waals surface area contributed by atoms with Crippen LogP contribution in [-0.4, -0.2) is 10.7 Å². The molecular weight excluding hydrogens is 160 g/mol. The Kier molecular flexibility index (Phi) is 1.47. The van der Waals surface area contributed by atoms with E-state index >= 15 is 0 Å². The number of hydrogen-bond donors (Lipinski definition) is 1. The van der Waals surface area contributed by atoms with Crippen LogP contribution in [0.2, 0.25) is 0 Å². The molecule has 1 N–H and O–H groups in total. The first-order valence-electron chi connectivity index (χ1n) is 5.95. The number of fused-ring (bicyclic) bond motifs is 3. The lowest BCUT2D eigenvalue weighted by molar-refractivity contribution is -0.164. The number of aliphatic hydroxyl groups is 1.